The first-order valence-corrected chi connectivity index (χ1v) is 9.24. The Morgan fingerprint density at radius 1 is 1.21 bits per heavy atom. The molecule has 0 radical (unpaired) electrons. The molecule has 2 heterocycles. The molecule has 0 amide bonds. The molecular formula is C18H31NO5. The molecule has 2 aliphatic heterocycles. The molecule has 138 valence electrons. The zero-order chi connectivity index (χ0) is 16.8. The van der Waals surface area contributed by atoms with Crippen LogP contribution >= 0.6 is 0 Å². The third kappa shape index (κ3) is 4.49. The number of ether oxygens (including phenoxy) is 4. The van der Waals surface area contributed by atoms with Crippen LogP contribution in [0.1, 0.15) is 32.1 Å². The number of hydrogen-bond acceptors (Lipinski definition) is 6. The minimum Gasteiger partial charge on any atom is -0.505 e. The molecule has 0 aromatic heterocycles. The second kappa shape index (κ2) is 9.15. The summed E-state index contributed by atoms with van der Waals surface area (Å²) in [5, 5.41) is 10.6. The van der Waals surface area contributed by atoms with Gasteiger partial charge in [-0.15, -0.1) is 0 Å². The molecule has 24 heavy (non-hydrogen) atoms. The van der Waals surface area contributed by atoms with Gasteiger partial charge in [0.1, 0.15) is 0 Å². The molecule has 1 saturated carbocycles. The topological polar surface area (TPSA) is 60.4 Å². The summed E-state index contributed by atoms with van der Waals surface area (Å²) in [6.45, 7) is 4.07. The zero-order valence-corrected chi connectivity index (χ0v) is 14.6. The highest BCUT2D eigenvalue weighted by molar-refractivity contribution is 5.01. The van der Waals surface area contributed by atoms with E-state index in [1.54, 1.807) is 13.4 Å². The summed E-state index contributed by atoms with van der Waals surface area (Å²) in [5.41, 5.74) is 0. The van der Waals surface area contributed by atoms with Crippen LogP contribution in [0.2, 0.25) is 0 Å². The molecule has 5 atom stereocenters. The van der Waals surface area contributed by atoms with Gasteiger partial charge in [-0.2, -0.15) is 0 Å². The van der Waals surface area contributed by atoms with Crippen LogP contribution in [0.3, 0.4) is 0 Å². The first-order valence-electron chi connectivity index (χ1n) is 9.24. The Balaban J connectivity index is 1.68. The minimum absolute atomic E-state index is 0.0159. The number of allylic oxidation sites excluding steroid dienone is 1. The van der Waals surface area contributed by atoms with E-state index in [4.69, 9.17) is 18.9 Å². The van der Waals surface area contributed by atoms with E-state index in [0.29, 0.717) is 6.42 Å². The van der Waals surface area contributed by atoms with Crippen molar-refractivity contribution in [2.24, 2.45) is 5.92 Å². The van der Waals surface area contributed by atoms with Gasteiger partial charge in [-0.1, -0.05) is 0 Å². The summed E-state index contributed by atoms with van der Waals surface area (Å²) >= 11 is 0. The molecule has 1 N–H and O–H groups in total. The van der Waals surface area contributed by atoms with Gasteiger partial charge in [0.25, 0.3) is 0 Å². The lowest BCUT2D eigenvalue weighted by molar-refractivity contribution is -0.200. The molecule has 3 rings (SSSR count). The van der Waals surface area contributed by atoms with Crippen LogP contribution in [0, 0.1) is 5.92 Å². The van der Waals surface area contributed by atoms with Gasteiger partial charge in [0.05, 0.1) is 38.8 Å². The number of hydrogen-bond donors (Lipinski definition) is 1. The Labute approximate surface area is 144 Å². The highest BCUT2D eigenvalue weighted by Crippen LogP contribution is 2.37. The molecule has 0 spiro atoms. The van der Waals surface area contributed by atoms with Crippen LogP contribution in [0.15, 0.2) is 12.3 Å². The third-order valence-corrected chi connectivity index (χ3v) is 5.36. The van der Waals surface area contributed by atoms with E-state index in [1.165, 1.54) is 0 Å². The van der Waals surface area contributed by atoms with Gasteiger partial charge in [0.15, 0.2) is 6.29 Å². The van der Waals surface area contributed by atoms with Crippen LogP contribution in [-0.2, 0) is 18.9 Å². The molecule has 0 aromatic rings. The molecule has 0 aromatic carbocycles. The largest absolute Gasteiger partial charge is 0.505 e. The molecule has 2 saturated heterocycles. The van der Waals surface area contributed by atoms with E-state index in [1.807, 2.05) is 6.08 Å². The predicted molar refractivity (Wildman–Crippen MR) is 89.5 cm³/mol. The fraction of sp³-hybridized carbons (Fsp3) is 0.889. The smallest absolute Gasteiger partial charge is 0.158 e. The van der Waals surface area contributed by atoms with E-state index in [0.717, 1.165) is 58.6 Å². The van der Waals surface area contributed by atoms with Crippen molar-refractivity contribution in [1.82, 2.24) is 4.90 Å². The molecule has 1 aliphatic carbocycles. The summed E-state index contributed by atoms with van der Waals surface area (Å²) < 4.78 is 22.6. The van der Waals surface area contributed by atoms with Crippen molar-refractivity contribution in [1.29, 1.82) is 0 Å². The van der Waals surface area contributed by atoms with Crippen molar-refractivity contribution in [2.75, 3.05) is 40.0 Å². The lowest BCUT2D eigenvalue weighted by Gasteiger charge is -2.39. The molecule has 6 heteroatoms. The van der Waals surface area contributed by atoms with Crippen molar-refractivity contribution in [3.63, 3.8) is 0 Å². The molecule has 6 nitrogen and oxygen atoms in total. The number of methoxy groups -OCH3 is 1. The standard InChI is InChI=1S/C18H31NO5/c1-21-9-4-5-14-15(20)13-16(24-17-6-2-3-10-23-17)18(14)19-7-11-22-12-8-19/h4,9,14-18,20H,2-3,5-8,10-13H2,1H3/t14-,15-,16+,17?,18+/m1/s1. The number of nitrogens with zero attached hydrogens (tertiary/aromatic N) is 1. The highest BCUT2D eigenvalue weighted by atomic mass is 16.7. The maximum absolute atomic E-state index is 10.6. The highest BCUT2D eigenvalue weighted by Gasteiger charge is 2.46. The van der Waals surface area contributed by atoms with Gasteiger partial charge in [-0.25, -0.2) is 0 Å². The van der Waals surface area contributed by atoms with Gasteiger partial charge in [0.2, 0.25) is 0 Å². The van der Waals surface area contributed by atoms with Crippen molar-refractivity contribution in [3.05, 3.63) is 12.3 Å². The van der Waals surface area contributed by atoms with Gasteiger partial charge in [-0.3, -0.25) is 4.90 Å². The molecule has 3 aliphatic rings. The van der Waals surface area contributed by atoms with Crippen LogP contribution in [0.5, 0.6) is 0 Å². The maximum atomic E-state index is 10.6. The second-order valence-electron chi connectivity index (χ2n) is 6.92. The van der Waals surface area contributed by atoms with Gasteiger partial charge >= 0.3 is 0 Å². The summed E-state index contributed by atoms with van der Waals surface area (Å²) in [7, 11) is 1.65. The average molecular weight is 341 g/mol. The molecule has 0 bridgehead atoms. The van der Waals surface area contributed by atoms with Crippen LogP contribution in [0.4, 0.5) is 0 Å². The third-order valence-electron chi connectivity index (χ3n) is 5.36. The normalized spacial score (nSPS) is 38.7. The Morgan fingerprint density at radius 3 is 2.75 bits per heavy atom. The molecule has 1 unspecified atom stereocenters. The van der Waals surface area contributed by atoms with Crippen LogP contribution < -0.4 is 0 Å². The Hall–Kier alpha value is -0.660. The maximum Gasteiger partial charge on any atom is 0.158 e. The fourth-order valence-electron chi connectivity index (χ4n) is 4.19. The summed E-state index contributed by atoms with van der Waals surface area (Å²) in [4.78, 5) is 2.43. The lowest BCUT2D eigenvalue weighted by Crippen LogP contribution is -2.51. The van der Waals surface area contributed by atoms with Gasteiger partial charge in [-0.05, 0) is 31.8 Å². The van der Waals surface area contributed by atoms with Crippen molar-refractivity contribution >= 4 is 0 Å². The SMILES string of the molecule is COC=CC[C@H]1[C@H](N2CCOCC2)[C@@H](OC2CCCCO2)C[C@H]1O. The monoisotopic (exact) mass is 341 g/mol. The number of aliphatic hydroxyl groups excluding tert-OH is 1. The second-order valence-corrected chi connectivity index (χ2v) is 6.92. The van der Waals surface area contributed by atoms with Crippen LogP contribution in [0.25, 0.3) is 0 Å². The number of rotatable bonds is 6. The summed E-state index contributed by atoms with van der Waals surface area (Å²) in [6.07, 6.45) is 7.93. The predicted octanol–water partition coefficient (Wildman–Crippen LogP) is 1.53. The van der Waals surface area contributed by atoms with Crippen molar-refractivity contribution in [3.8, 4) is 0 Å². The van der Waals surface area contributed by atoms with E-state index in [-0.39, 0.29) is 30.5 Å². The van der Waals surface area contributed by atoms with Crippen LogP contribution in [-0.4, -0.2) is 74.6 Å². The molecule has 3 fully saturated rings. The summed E-state index contributed by atoms with van der Waals surface area (Å²) in [6, 6.07) is 0.205. The molecular weight excluding hydrogens is 310 g/mol. The van der Waals surface area contributed by atoms with Gasteiger partial charge < -0.3 is 24.1 Å². The zero-order valence-electron chi connectivity index (χ0n) is 14.6. The quantitative estimate of drug-likeness (QED) is 0.740. The first-order chi connectivity index (χ1) is 11.8. The average Bonchev–Trinajstić information content (AvgIpc) is 2.92. The van der Waals surface area contributed by atoms with E-state index < -0.39 is 0 Å². The van der Waals surface area contributed by atoms with Crippen molar-refractivity contribution < 1.29 is 24.1 Å². The summed E-state index contributed by atoms with van der Waals surface area (Å²) in [5.74, 6) is 0.156. The fourth-order valence-corrected chi connectivity index (χ4v) is 4.19. The van der Waals surface area contributed by atoms with E-state index >= 15 is 0 Å². The Bertz CT molecular complexity index is 393. The van der Waals surface area contributed by atoms with Gasteiger partial charge in [0, 0.05) is 38.1 Å². The first kappa shape index (κ1) is 18.1. The lowest BCUT2D eigenvalue weighted by atomic mass is 9.95. The number of morpholine rings is 1. The Kier molecular flexibility index (Phi) is 6.92. The van der Waals surface area contributed by atoms with E-state index in [9.17, 15) is 5.11 Å². The Morgan fingerprint density at radius 2 is 2.04 bits per heavy atom. The number of aliphatic hydroxyl groups is 1. The van der Waals surface area contributed by atoms with E-state index in [2.05, 4.69) is 4.90 Å². The van der Waals surface area contributed by atoms with Crippen molar-refractivity contribution in [2.45, 2.75) is 56.6 Å². The minimum atomic E-state index is -0.354.